The molecule has 2 unspecified atom stereocenters. The average Bonchev–Trinajstić information content (AvgIpc) is 2.43. The second-order valence-electron chi connectivity index (χ2n) is 3.86. The molecule has 0 bridgehead atoms. The van der Waals surface area contributed by atoms with Gasteiger partial charge in [0, 0.05) is 0 Å². The molecule has 0 amide bonds. The number of hydrogen-bond acceptors (Lipinski definition) is 5. The van der Waals surface area contributed by atoms with Gasteiger partial charge in [0.1, 0.15) is 0 Å². The number of carbonyl (C=O) groups is 3. The summed E-state index contributed by atoms with van der Waals surface area (Å²) in [4.78, 5) is 33.2. The lowest BCUT2D eigenvalue weighted by molar-refractivity contribution is -0.160. The largest absolute Gasteiger partial charge is 0.455 e. The van der Waals surface area contributed by atoms with Gasteiger partial charge >= 0.3 is 5.97 Å². The molecule has 0 saturated heterocycles. The van der Waals surface area contributed by atoms with Gasteiger partial charge in [0.2, 0.25) is 11.9 Å². The second-order valence-corrected chi connectivity index (χ2v) is 3.86. The summed E-state index contributed by atoms with van der Waals surface area (Å²) in [5, 5.41) is 9.03. The molecule has 1 rings (SSSR count). The van der Waals surface area contributed by atoms with Crippen LogP contribution in [0.2, 0.25) is 0 Å². The third-order valence-electron chi connectivity index (χ3n) is 2.34. The van der Waals surface area contributed by atoms with Crippen molar-refractivity contribution in [2.45, 2.75) is 19.2 Å². The molecule has 0 aliphatic rings. The number of Topliss-reactive ketones (excluding diaryl/α,β-unsaturated/α-hetero) is 2. The van der Waals surface area contributed by atoms with E-state index in [0.717, 1.165) is 6.92 Å². The highest BCUT2D eigenvalue weighted by atomic mass is 19.1. The average molecular weight is 268 g/mol. The lowest BCUT2D eigenvalue weighted by Crippen LogP contribution is -2.31. The van der Waals surface area contributed by atoms with Crippen LogP contribution in [0.1, 0.15) is 18.7 Å². The minimum Gasteiger partial charge on any atom is -0.455 e. The van der Waals surface area contributed by atoms with Crippen LogP contribution in [0, 0.1) is 0 Å². The monoisotopic (exact) mass is 268 g/mol. The summed E-state index contributed by atoms with van der Waals surface area (Å²) in [7, 11) is 0. The number of ketones is 2. The van der Waals surface area contributed by atoms with Crippen molar-refractivity contribution in [3.05, 3.63) is 35.9 Å². The van der Waals surface area contributed by atoms with E-state index in [1.54, 1.807) is 18.2 Å². The molecule has 2 atom stereocenters. The minimum absolute atomic E-state index is 0.149. The molecule has 1 N–H and O–H groups in total. The Balaban J connectivity index is 2.52. The van der Waals surface area contributed by atoms with Crippen molar-refractivity contribution in [3.63, 3.8) is 0 Å². The number of rotatable bonds is 6. The van der Waals surface area contributed by atoms with Crippen LogP contribution in [-0.2, 0) is 19.1 Å². The van der Waals surface area contributed by atoms with Crippen LogP contribution in [0.25, 0.3) is 0 Å². The standard InChI is InChI=1S/C13H13FO5/c1-8(15)12(17)13(18)19-7-10(16)11(14)9-5-3-2-4-6-9/h2-6,11-12,17H,7H2,1H3. The van der Waals surface area contributed by atoms with Crippen molar-refractivity contribution in [2.75, 3.05) is 6.61 Å². The summed E-state index contributed by atoms with van der Waals surface area (Å²) in [5.41, 5.74) is 0.149. The minimum atomic E-state index is -1.94. The Labute approximate surface area is 109 Å². The van der Waals surface area contributed by atoms with E-state index >= 15 is 0 Å². The smallest absolute Gasteiger partial charge is 0.343 e. The first kappa shape index (κ1) is 15.0. The third kappa shape index (κ3) is 4.26. The van der Waals surface area contributed by atoms with E-state index in [1.165, 1.54) is 12.1 Å². The number of ether oxygens (including phenoxy) is 1. The van der Waals surface area contributed by atoms with Crippen LogP contribution in [0.4, 0.5) is 4.39 Å². The number of esters is 1. The molecule has 6 heteroatoms. The Hall–Kier alpha value is -2.08. The van der Waals surface area contributed by atoms with Gasteiger partial charge in [0.15, 0.2) is 18.6 Å². The molecule has 0 heterocycles. The number of hydrogen-bond donors (Lipinski definition) is 1. The van der Waals surface area contributed by atoms with Crippen LogP contribution in [0.5, 0.6) is 0 Å². The van der Waals surface area contributed by atoms with Gasteiger partial charge in [-0.2, -0.15) is 0 Å². The molecule has 0 fully saturated rings. The third-order valence-corrected chi connectivity index (χ3v) is 2.34. The van der Waals surface area contributed by atoms with E-state index in [-0.39, 0.29) is 5.56 Å². The van der Waals surface area contributed by atoms with Gasteiger partial charge < -0.3 is 9.84 Å². The van der Waals surface area contributed by atoms with Gasteiger partial charge in [-0.15, -0.1) is 0 Å². The van der Waals surface area contributed by atoms with Crippen molar-refractivity contribution in [3.8, 4) is 0 Å². The molecule has 0 radical (unpaired) electrons. The highest BCUT2D eigenvalue weighted by Crippen LogP contribution is 2.17. The molecule has 0 saturated carbocycles. The fourth-order valence-electron chi connectivity index (χ4n) is 1.27. The van der Waals surface area contributed by atoms with E-state index in [2.05, 4.69) is 4.74 Å². The molecule has 5 nitrogen and oxygen atoms in total. The number of alkyl halides is 1. The van der Waals surface area contributed by atoms with Crippen LogP contribution >= 0.6 is 0 Å². The van der Waals surface area contributed by atoms with E-state index in [1.807, 2.05) is 0 Å². The first-order valence-electron chi connectivity index (χ1n) is 5.50. The van der Waals surface area contributed by atoms with Crippen molar-refractivity contribution in [1.29, 1.82) is 0 Å². The van der Waals surface area contributed by atoms with Crippen molar-refractivity contribution in [1.82, 2.24) is 0 Å². The number of halogens is 1. The lowest BCUT2D eigenvalue weighted by Gasteiger charge is -2.10. The summed E-state index contributed by atoms with van der Waals surface area (Å²) in [6.07, 6.45) is -3.86. The van der Waals surface area contributed by atoms with E-state index in [9.17, 15) is 18.8 Å². The fourth-order valence-corrected chi connectivity index (χ4v) is 1.27. The number of carbonyl (C=O) groups excluding carboxylic acids is 3. The maximum Gasteiger partial charge on any atom is 0.343 e. The molecule has 19 heavy (non-hydrogen) atoms. The lowest BCUT2D eigenvalue weighted by atomic mass is 10.1. The van der Waals surface area contributed by atoms with Gasteiger partial charge in [-0.3, -0.25) is 9.59 Å². The molecular weight excluding hydrogens is 255 g/mol. The molecule has 0 aliphatic heterocycles. The van der Waals surface area contributed by atoms with E-state index in [0.29, 0.717) is 0 Å². The predicted molar refractivity (Wildman–Crippen MR) is 62.9 cm³/mol. The van der Waals surface area contributed by atoms with Crippen molar-refractivity contribution >= 4 is 17.5 Å². The predicted octanol–water partition coefficient (Wildman–Crippen LogP) is 0.759. The van der Waals surface area contributed by atoms with E-state index in [4.69, 9.17) is 5.11 Å². The Morgan fingerprint density at radius 3 is 2.37 bits per heavy atom. The molecule has 0 aromatic heterocycles. The highest BCUT2D eigenvalue weighted by Gasteiger charge is 2.25. The Morgan fingerprint density at radius 2 is 1.84 bits per heavy atom. The topological polar surface area (TPSA) is 80.7 Å². The maximum absolute atomic E-state index is 13.7. The summed E-state index contributed by atoms with van der Waals surface area (Å²) >= 11 is 0. The molecule has 1 aromatic rings. The molecule has 1 aromatic carbocycles. The van der Waals surface area contributed by atoms with Gasteiger partial charge in [-0.05, 0) is 12.5 Å². The van der Waals surface area contributed by atoms with E-state index < -0.39 is 36.4 Å². The number of aliphatic hydroxyl groups is 1. The Bertz CT molecular complexity index is 471. The number of benzene rings is 1. The second kappa shape index (κ2) is 6.75. The van der Waals surface area contributed by atoms with Gasteiger partial charge in [0.05, 0.1) is 0 Å². The SMILES string of the molecule is CC(=O)C(O)C(=O)OCC(=O)C(F)c1ccccc1. The summed E-state index contributed by atoms with van der Waals surface area (Å²) < 4.78 is 18.0. The first-order chi connectivity index (χ1) is 8.93. The number of aliphatic hydroxyl groups excluding tert-OH is 1. The quantitative estimate of drug-likeness (QED) is 0.608. The normalized spacial score (nSPS) is 13.4. The van der Waals surface area contributed by atoms with Gasteiger partial charge in [-0.25, -0.2) is 9.18 Å². The summed E-state index contributed by atoms with van der Waals surface area (Å²) in [6.45, 7) is 0.162. The van der Waals surface area contributed by atoms with Crippen LogP contribution in [-0.4, -0.2) is 35.4 Å². The van der Waals surface area contributed by atoms with Gasteiger partial charge in [-0.1, -0.05) is 30.3 Å². The summed E-state index contributed by atoms with van der Waals surface area (Å²) in [6, 6.07) is 7.66. The maximum atomic E-state index is 13.7. The van der Waals surface area contributed by atoms with Gasteiger partial charge in [0.25, 0.3) is 0 Å². The Morgan fingerprint density at radius 1 is 1.26 bits per heavy atom. The Kier molecular flexibility index (Phi) is 5.32. The molecule has 0 aliphatic carbocycles. The molecule has 102 valence electrons. The first-order valence-corrected chi connectivity index (χ1v) is 5.50. The molecular formula is C13H13FO5. The fraction of sp³-hybridized carbons (Fsp3) is 0.308. The van der Waals surface area contributed by atoms with Crippen LogP contribution < -0.4 is 0 Å². The van der Waals surface area contributed by atoms with Crippen LogP contribution in [0.3, 0.4) is 0 Å². The van der Waals surface area contributed by atoms with Crippen LogP contribution in [0.15, 0.2) is 30.3 Å². The zero-order chi connectivity index (χ0) is 14.4. The highest BCUT2D eigenvalue weighted by molar-refractivity contribution is 6.01. The van der Waals surface area contributed by atoms with Crippen molar-refractivity contribution in [2.24, 2.45) is 0 Å². The zero-order valence-electron chi connectivity index (χ0n) is 10.2. The zero-order valence-corrected chi connectivity index (χ0v) is 10.2. The molecule has 0 spiro atoms. The summed E-state index contributed by atoms with van der Waals surface area (Å²) in [5.74, 6) is -3.03. The van der Waals surface area contributed by atoms with Crippen molar-refractivity contribution < 1.29 is 28.6 Å².